The zero-order chi connectivity index (χ0) is 25.0. The second-order valence-corrected chi connectivity index (χ2v) is 8.31. The van der Waals surface area contributed by atoms with E-state index >= 15 is 4.39 Å². The van der Waals surface area contributed by atoms with E-state index in [1.807, 2.05) is 42.3 Å². The van der Waals surface area contributed by atoms with E-state index in [0.29, 0.717) is 28.1 Å². The summed E-state index contributed by atoms with van der Waals surface area (Å²) in [6, 6.07) is 23.7. The van der Waals surface area contributed by atoms with Gasteiger partial charge in [0.05, 0.1) is 55.1 Å². The van der Waals surface area contributed by atoms with Crippen LogP contribution in [0.3, 0.4) is 0 Å². The number of nitriles is 2. The lowest BCUT2D eigenvalue weighted by molar-refractivity contribution is 0.217. The molecule has 0 aliphatic carbocycles. The van der Waals surface area contributed by atoms with E-state index < -0.39 is 5.67 Å². The summed E-state index contributed by atoms with van der Waals surface area (Å²) in [5, 5.41) is 18.7. The lowest BCUT2D eigenvalue weighted by Gasteiger charge is -2.33. The fraction of sp³-hybridized carbons (Fsp3) is 0.179. The van der Waals surface area contributed by atoms with Crippen molar-refractivity contribution < 1.29 is 9.13 Å². The van der Waals surface area contributed by atoms with Crippen LogP contribution in [0.1, 0.15) is 22.4 Å². The van der Waals surface area contributed by atoms with Gasteiger partial charge in [0.15, 0.2) is 5.67 Å². The van der Waals surface area contributed by atoms with E-state index in [2.05, 4.69) is 17.1 Å². The Hall–Kier alpha value is -4.62. The number of ether oxygens (including phenoxy) is 1. The number of nitrogens with zero attached hydrogens (tertiary/aromatic N) is 5. The van der Waals surface area contributed by atoms with Crippen molar-refractivity contribution in [3.05, 3.63) is 102 Å². The summed E-state index contributed by atoms with van der Waals surface area (Å²) in [6.07, 6.45) is 3.09. The van der Waals surface area contributed by atoms with Crippen molar-refractivity contribution >= 4 is 5.69 Å². The van der Waals surface area contributed by atoms with Crippen LogP contribution < -0.4 is 9.64 Å². The molecule has 7 heteroatoms. The number of likely N-dealkylation sites (N-methyl/N-ethyl adjacent to an activating group) is 1. The van der Waals surface area contributed by atoms with Crippen LogP contribution in [0.2, 0.25) is 0 Å². The molecule has 0 aliphatic rings. The number of halogens is 1. The molecule has 4 rings (SSSR count). The zero-order valence-corrected chi connectivity index (χ0v) is 19.7. The smallest absolute Gasteiger partial charge is 0.194 e. The van der Waals surface area contributed by atoms with E-state index in [1.165, 1.54) is 6.20 Å². The van der Waals surface area contributed by atoms with Crippen molar-refractivity contribution in [3.8, 4) is 29.0 Å². The lowest BCUT2D eigenvalue weighted by atomic mass is 9.90. The number of anilines is 1. The highest BCUT2D eigenvalue weighted by molar-refractivity contribution is 5.80. The number of hydrogen-bond acceptors (Lipinski definition) is 5. The van der Waals surface area contributed by atoms with Crippen molar-refractivity contribution in [2.24, 2.45) is 7.05 Å². The topological polar surface area (TPSA) is 77.9 Å². The molecule has 4 aromatic rings. The molecule has 0 saturated heterocycles. The van der Waals surface area contributed by atoms with Crippen molar-refractivity contribution in [1.29, 1.82) is 10.5 Å². The Morgan fingerprint density at radius 3 is 2.37 bits per heavy atom. The maximum Gasteiger partial charge on any atom is 0.194 e. The molecule has 0 bridgehead atoms. The minimum atomic E-state index is -1.92. The second kappa shape index (κ2) is 9.70. The van der Waals surface area contributed by atoms with Crippen LogP contribution in [0.5, 0.6) is 5.75 Å². The Morgan fingerprint density at radius 1 is 1.03 bits per heavy atom. The predicted molar refractivity (Wildman–Crippen MR) is 133 cm³/mol. The largest absolute Gasteiger partial charge is 0.497 e. The molecule has 35 heavy (non-hydrogen) atoms. The van der Waals surface area contributed by atoms with Gasteiger partial charge in [-0.1, -0.05) is 24.3 Å². The minimum absolute atomic E-state index is 0.0265. The number of imidazole rings is 1. The quantitative estimate of drug-likeness (QED) is 0.375. The Morgan fingerprint density at radius 2 is 1.74 bits per heavy atom. The van der Waals surface area contributed by atoms with Crippen LogP contribution in [0, 0.1) is 22.7 Å². The molecule has 1 unspecified atom stereocenters. The highest BCUT2D eigenvalue weighted by Gasteiger charge is 2.38. The molecule has 0 saturated carbocycles. The van der Waals surface area contributed by atoms with Crippen molar-refractivity contribution in [2.75, 3.05) is 25.6 Å². The van der Waals surface area contributed by atoms with Gasteiger partial charge in [0.2, 0.25) is 0 Å². The summed E-state index contributed by atoms with van der Waals surface area (Å²) >= 11 is 0. The molecule has 3 aromatic carbocycles. The third kappa shape index (κ3) is 4.58. The van der Waals surface area contributed by atoms with Crippen molar-refractivity contribution in [2.45, 2.75) is 5.67 Å². The van der Waals surface area contributed by atoms with E-state index in [0.717, 1.165) is 16.8 Å². The average molecular weight is 466 g/mol. The average Bonchev–Trinajstić information content (AvgIpc) is 3.34. The Labute approximate surface area is 204 Å². The molecule has 0 fully saturated rings. The number of rotatable bonds is 7. The molecule has 1 aromatic heterocycles. The summed E-state index contributed by atoms with van der Waals surface area (Å²) in [5.41, 5.74) is 2.26. The predicted octanol–water partition coefficient (Wildman–Crippen LogP) is 5.19. The van der Waals surface area contributed by atoms with Crippen LogP contribution in [-0.4, -0.2) is 30.3 Å². The van der Waals surface area contributed by atoms with Gasteiger partial charge in [0.25, 0.3) is 0 Å². The third-order valence-electron chi connectivity index (χ3n) is 6.07. The molecule has 0 radical (unpaired) electrons. The van der Waals surface area contributed by atoms with Crippen LogP contribution in [0.15, 0.2) is 79.3 Å². The Bertz CT molecular complexity index is 1430. The number of methoxy groups -OCH3 is 1. The number of benzene rings is 3. The van der Waals surface area contributed by atoms with Gasteiger partial charge in [-0.2, -0.15) is 10.5 Å². The number of alkyl halides is 1. The minimum Gasteiger partial charge on any atom is -0.497 e. The van der Waals surface area contributed by atoms with Crippen LogP contribution >= 0.6 is 0 Å². The summed E-state index contributed by atoms with van der Waals surface area (Å²) < 4.78 is 24.1. The number of aryl methyl sites for hydroxylation is 1. The van der Waals surface area contributed by atoms with E-state index in [-0.39, 0.29) is 6.54 Å². The monoisotopic (exact) mass is 465 g/mol. The molecular weight excluding hydrogens is 441 g/mol. The summed E-state index contributed by atoms with van der Waals surface area (Å²) in [6.45, 7) is -0.0265. The van der Waals surface area contributed by atoms with Crippen LogP contribution in [-0.2, 0) is 12.7 Å². The first-order chi connectivity index (χ1) is 16.9. The molecule has 0 amide bonds. The zero-order valence-electron chi connectivity index (χ0n) is 19.7. The first kappa shape index (κ1) is 23.5. The third-order valence-corrected chi connectivity index (χ3v) is 6.07. The molecule has 0 spiro atoms. The molecule has 0 N–H and O–H groups in total. The first-order valence-electron chi connectivity index (χ1n) is 11.0. The van der Waals surface area contributed by atoms with Gasteiger partial charge in [-0.25, -0.2) is 9.37 Å². The number of aromatic nitrogens is 2. The Balaban J connectivity index is 1.81. The van der Waals surface area contributed by atoms with Gasteiger partial charge in [0, 0.05) is 25.3 Å². The van der Waals surface area contributed by atoms with E-state index in [4.69, 9.17) is 4.74 Å². The van der Waals surface area contributed by atoms with Gasteiger partial charge in [-0.05, 0) is 53.6 Å². The fourth-order valence-electron chi connectivity index (χ4n) is 4.24. The summed E-state index contributed by atoms with van der Waals surface area (Å²) in [4.78, 5) is 5.97. The highest BCUT2D eigenvalue weighted by atomic mass is 19.1. The van der Waals surface area contributed by atoms with Gasteiger partial charge >= 0.3 is 0 Å². The highest BCUT2D eigenvalue weighted by Crippen LogP contribution is 2.39. The SMILES string of the molecule is COc1cccc(-c2cc(C#N)ccc2N(C)CC(F)(c2ccc(C#N)cc2)c2cncn2C)c1. The normalized spacial score (nSPS) is 12.3. The van der Waals surface area contributed by atoms with Crippen molar-refractivity contribution in [1.82, 2.24) is 9.55 Å². The van der Waals surface area contributed by atoms with Crippen molar-refractivity contribution in [3.63, 3.8) is 0 Å². The second-order valence-electron chi connectivity index (χ2n) is 8.31. The maximum atomic E-state index is 17.1. The summed E-state index contributed by atoms with van der Waals surface area (Å²) in [5.74, 6) is 0.686. The molecule has 1 heterocycles. The lowest BCUT2D eigenvalue weighted by Crippen LogP contribution is -2.38. The van der Waals surface area contributed by atoms with E-state index in [9.17, 15) is 10.5 Å². The van der Waals surface area contributed by atoms with E-state index in [1.54, 1.807) is 61.5 Å². The molecule has 0 aliphatic heterocycles. The van der Waals surface area contributed by atoms with Gasteiger partial charge in [0.1, 0.15) is 5.75 Å². The van der Waals surface area contributed by atoms with Crippen LogP contribution in [0.25, 0.3) is 11.1 Å². The summed E-state index contributed by atoms with van der Waals surface area (Å²) in [7, 11) is 5.17. The Kier molecular flexibility index (Phi) is 6.53. The maximum absolute atomic E-state index is 17.1. The standard InChI is InChI=1S/C28H24FN5O/c1-33(26-12-9-21(16-31)13-25(26)22-5-4-6-24(14-22)35-3)18-28(29,27-17-32-19-34(27)2)23-10-7-20(15-30)8-11-23/h4-14,17,19H,18H2,1-3H3. The van der Waals surface area contributed by atoms with Gasteiger partial charge < -0.3 is 14.2 Å². The molecular formula is C28H24FN5O. The molecule has 1 atom stereocenters. The van der Waals surface area contributed by atoms with Gasteiger partial charge in [-0.15, -0.1) is 0 Å². The van der Waals surface area contributed by atoms with Gasteiger partial charge in [-0.3, -0.25) is 0 Å². The fourth-order valence-corrected chi connectivity index (χ4v) is 4.24. The first-order valence-corrected chi connectivity index (χ1v) is 11.0. The number of hydrogen-bond donors (Lipinski definition) is 0. The molecule has 174 valence electrons. The molecule has 6 nitrogen and oxygen atoms in total. The van der Waals surface area contributed by atoms with Crippen LogP contribution in [0.4, 0.5) is 10.1 Å².